The van der Waals surface area contributed by atoms with E-state index in [2.05, 4.69) is 10.9 Å². The van der Waals surface area contributed by atoms with Gasteiger partial charge in [-0.2, -0.15) is 0 Å². The van der Waals surface area contributed by atoms with Crippen LogP contribution in [-0.4, -0.2) is 17.1 Å². The number of aliphatic carboxylic acids is 1. The maximum Gasteiger partial charge on any atom is 0.312 e. The van der Waals surface area contributed by atoms with Gasteiger partial charge in [-0.05, 0) is 24.6 Å². The van der Waals surface area contributed by atoms with Gasteiger partial charge in [0.2, 0.25) is 0 Å². The van der Waals surface area contributed by atoms with Crippen LogP contribution in [0.25, 0.3) is 0 Å². The molecule has 104 valence electrons. The molecule has 0 aliphatic carbocycles. The number of anilines is 1. The summed E-state index contributed by atoms with van der Waals surface area (Å²) in [7, 11) is 0. The van der Waals surface area contributed by atoms with Crippen molar-refractivity contribution in [2.45, 2.75) is 18.9 Å². The van der Waals surface area contributed by atoms with Crippen molar-refractivity contribution >= 4 is 11.7 Å². The van der Waals surface area contributed by atoms with Crippen LogP contribution in [-0.2, 0) is 4.79 Å². The number of nitrogens with one attached hydrogen (secondary N) is 2. The highest BCUT2D eigenvalue weighted by Gasteiger charge is 2.26. The van der Waals surface area contributed by atoms with Crippen LogP contribution in [0.5, 0.6) is 0 Å². The molecular formula is C16H18N2O2. The zero-order chi connectivity index (χ0) is 14.4. The van der Waals surface area contributed by atoms with Crippen molar-refractivity contribution in [2.24, 2.45) is 0 Å². The van der Waals surface area contributed by atoms with E-state index in [4.69, 9.17) is 0 Å². The molecule has 2 atom stereocenters. The van der Waals surface area contributed by atoms with Gasteiger partial charge in [0.1, 0.15) is 0 Å². The van der Waals surface area contributed by atoms with E-state index in [1.165, 1.54) is 0 Å². The maximum atomic E-state index is 11.5. The molecular weight excluding hydrogens is 252 g/mol. The Morgan fingerprint density at radius 3 is 2.10 bits per heavy atom. The topological polar surface area (TPSA) is 61.4 Å². The predicted molar refractivity (Wildman–Crippen MR) is 79.5 cm³/mol. The summed E-state index contributed by atoms with van der Waals surface area (Å²) in [6.45, 7) is 1.85. The predicted octanol–water partition coefficient (Wildman–Crippen LogP) is 2.86. The highest BCUT2D eigenvalue weighted by Crippen LogP contribution is 2.20. The van der Waals surface area contributed by atoms with Crippen LogP contribution < -0.4 is 10.9 Å². The molecule has 2 aromatic rings. The summed E-state index contributed by atoms with van der Waals surface area (Å²) in [4.78, 5) is 11.5. The molecule has 0 aliphatic rings. The van der Waals surface area contributed by atoms with Crippen molar-refractivity contribution in [3.05, 3.63) is 66.2 Å². The van der Waals surface area contributed by atoms with Crippen molar-refractivity contribution < 1.29 is 9.90 Å². The summed E-state index contributed by atoms with van der Waals surface area (Å²) < 4.78 is 0. The van der Waals surface area contributed by atoms with Gasteiger partial charge >= 0.3 is 5.97 Å². The lowest BCUT2D eigenvalue weighted by molar-refractivity contribution is -0.139. The molecule has 0 fully saturated rings. The van der Waals surface area contributed by atoms with Crippen molar-refractivity contribution in [2.75, 3.05) is 5.43 Å². The number of hydrogen-bond donors (Lipinski definition) is 3. The largest absolute Gasteiger partial charge is 0.481 e. The summed E-state index contributed by atoms with van der Waals surface area (Å²) in [5.41, 5.74) is 7.77. The lowest BCUT2D eigenvalue weighted by Crippen LogP contribution is -2.39. The maximum absolute atomic E-state index is 11.5. The number of benzene rings is 2. The normalized spacial score (nSPS) is 13.4. The first kappa shape index (κ1) is 14.1. The molecule has 2 unspecified atom stereocenters. The number of para-hydroxylation sites is 1. The smallest absolute Gasteiger partial charge is 0.312 e. The van der Waals surface area contributed by atoms with E-state index in [0.29, 0.717) is 0 Å². The summed E-state index contributed by atoms with van der Waals surface area (Å²) in [5.74, 6) is -1.45. The van der Waals surface area contributed by atoms with Crippen molar-refractivity contribution in [1.82, 2.24) is 5.43 Å². The van der Waals surface area contributed by atoms with Crippen molar-refractivity contribution in [1.29, 1.82) is 0 Å². The third-order valence-corrected chi connectivity index (χ3v) is 3.14. The van der Waals surface area contributed by atoms with E-state index in [0.717, 1.165) is 11.3 Å². The number of rotatable bonds is 6. The summed E-state index contributed by atoms with van der Waals surface area (Å²) in [6, 6.07) is 18.6. The minimum absolute atomic E-state index is 0.255. The molecule has 0 spiro atoms. The Kier molecular flexibility index (Phi) is 4.74. The molecule has 0 aromatic heterocycles. The average Bonchev–Trinajstić information content (AvgIpc) is 2.47. The van der Waals surface area contributed by atoms with Crippen LogP contribution in [0.15, 0.2) is 60.7 Å². The van der Waals surface area contributed by atoms with Gasteiger partial charge in [0, 0.05) is 11.7 Å². The molecule has 0 aliphatic heterocycles. The minimum atomic E-state index is -0.842. The van der Waals surface area contributed by atoms with Gasteiger partial charge in [-0.25, -0.2) is 5.43 Å². The molecule has 0 amide bonds. The quantitative estimate of drug-likeness (QED) is 0.706. The second-order valence-corrected chi connectivity index (χ2v) is 4.65. The minimum Gasteiger partial charge on any atom is -0.481 e. The van der Waals surface area contributed by atoms with E-state index in [-0.39, 0.29) is 6.04 Å². The Balaban J connectivity index is 2.05. The van der Waals surface area contributed by atoms with Gasteiger partial charge in [0.05, 0.1) is 5.92 Å². The summed E-state index contributed by atoms with van der Waals surface area (Å²) in [5, 5.41) is 9.43. The SMILES string of the molecule is CC(NNc1ccccc1)C(C(=O)O)c1ccccc1. The lowest BCUT2D eigenvalue weighted by atomic mass is 9.93. The molecule has 4 nitrogen and oxygen atoms in total. The van der Waals surface area contributed by atoms with Gasteiger partial charge in [0.25, 0.3) is 0 Å². The third-order valence-electron chi connectivity index (χ3n) is 3.14. The van der Waals surface area contributed by atoms with E-state index in [1.807, 2.05) is 67.6 Å². The zero-order valence-corrected chi connectivity index (χ0v) is 11.3. The molecule has 0 heterocycles. The molecule has 3 N–H and O–H groups in total. The van der Waals surface area contributed by atoms with Crippen LogP contribution in [0.3, 0.4) is 0 Å². The molecule has 2 rings (SSSR count). The van der Waals surface area contributed by atoms with Crippen molar-refractivity contribution in [3.8, 4) is 0 Å². The highest BCUT2D eigenvalue weighted by molar-refractivity contribution is 5.77. The number of carboxylic acids is 1. The molecule has 20 heavy (non-hydrogen) atoms. The van der Waals surface area contributed by atoms with E-state index >= 15 is 0 Å². The highest BCUT2D eigenvalue weighted by atomic mass is 16.4. The van der Waals surface area contributed by atoms with Crippen LogP contribution in [0, 0.1) is 0 Å². The number of hydrogen-bond acceptors (Lipinski definition) is 3. The summed E-state index contributed by atoms with van der Waals surface area (Å²) in [6.07, 6.45) is 0. The second kappa shape index (κ2) is 6.73. The fraction of sp³-hybridized carbons (Fsp3) is 0.188. The molecule has 0 saturated carbocycles. The Hall–Kier alpha value is -2.33. The van der Waals surface area contributed by atoms with E-state index in [1.54, 1.807) is 0 Å². The van der Waals surface area contributed by atoms with E-state index in [9.17, 15) is 9.90 Å². The first-order valence-electron chi connectivity index (χ1n) is 6.53. The molecule has 0 bridgehead atoms. The van der Waals surface area contributed by atoms with Crippen molar-refractivity contribution in [3.63, 3.8) is 0 Å². The first-order chi connectivity index (χ1) is 9.68. The van der Waals surface area contributed by atoms with Gasteiger partial charge in [-0.1, -0.05) is 48.5 Å². The van der Waals surface area contributed by atoms with Gasteiger partial charge < -0.3 is 10.5 Å². The Morgan fingerprint density at radius 2 is 1.55 bits per heavy atom. The van der Waals surface area contributed by atoms with Crippen LogP contribution in [0.1, 0.15) is 18.4 Å². The number of carboxylic acid groups (broad SMARTS) is 1. The fourth-order valence-corrected chi connectivity index (χ4v) is 2.11. The average molecular weight is 270 g/mol. The second-order valence-electron chi connectivity index (χ2n) is 4.65. The molecule has 4 heteroatoms. The number of carbonyl (C=O) groups is 1. The van der Waals surface area contributed by atoms with Gasteiger partial charge in [0.15, 0.2) is 0 Å². The fourth-order valence-electron chi connectivity index (χ4n) is 2.11. The lowest BCUT2D eigenvalue weighted by Gasteiger charge is -2.22. The van der Waals surface area contributed by atoms with Crippen LogP contribution in [0.2, 0.25) is 0 Å². The van der Waals surface area contributed by atoms with Gasteiger partial charge in [-0.3, -0.25) is 4.79 Å². The third kappa shape index (κ3) is 3.59. The molecule has 0 saturated heterocycles. The zero-order valence-electron chi connectivity index (χ0n) is 11.3. The summed E-state index contributed by atoms with van der Waals surface area (Å²) >= 11 is 0. The molecule has 2 aromatic carbocycles. The van der Waals surface area contributed by atoms with E-state index < -0.39 is 11.9 Å². The number of hydrazine groups is 1. The Bertz CT molecular complexity index is 543. The first-order valence-corrected chi connectivity index (χ1v) is 6.53. The Morgan fingerprint density at radius 1 is 1.00 bits per heavy atom. The molecule has 0 radical (unpaired) electrons. The van der Waals surface area contributed by atoms with Gasteiger partial charge in [-0.15, -0.1) is 0 Å². The van der Waals surface area contributed by atoms with Crippen LogP contribution in [0.4, 0.5) is 5.69 Å². The Labute approximate surface area is 118 Å². The van der Waals surface area contributed by atoms with Crippen LogP contribution >= 0.6 is 0 Å². The monoisotopic (exact) mass is 270 g/mol. The standard InChI is InChI=1S/C16H18N2O2/c1-12(17-18-14-10-6-3-7-11-14)15(16(19)20)13-8-4-2-5-9-13/h2-12,15,17-18H,1H3,(H,19,20).